The minimum atomic E-state index is -0.956. The van der Waals surface area contributed by atoms with Gasteiger partial charge in [0.05, 0.1) is 12.0 Å². The Bertz CT molecular complexity index is 498. The molecule has 1 aromatic rings. The third kappa shape index (κ3) is 3.83. The molecule has 0 bridgehead atoms. The van der Waals surface area contributed by atoms with Gasteiger partial charge in [-0.1, -0.05) is 25.5 Å². The number of carboxylic acids is 1. The van der Waals surface area contributed by atoms with Gasteiger partial charge in [0.1, 0.15) is 0 Å². The Hall–Kier alpha value is -1.84. The molecule has 2 rings (SSSR count). The van der Waals surface area contributed by atoms with E-state index in [0.717, 1.165) is 25.1 Å². The quantitative estimate of drug-likeness (QED) is 0.922. The highest BCUT2D eigenvalue weighted by Crippen LogP contribution is 2.17. The van der Waals surface area contributed by atoms with Gasteiger partial charge >= 0.3 is 5.97 Å². The van der Waals surface area contributed by atoms with Crippen LogP contribution in [0.5, 0.6) is 0 Å². The Morgan fingerprint density at radius 3 is 2.90 bits per heavy atom. The minimum absolute atomic E-state index is 0.0984. The van der Waals surface area contributed by atoms with E-state index >= 15 is 0 Å². The highest BCUT2D eigenvalue weighted by molar-refractivity contribution is 5.88. The van der Waals surface area contributed by atoms with E-state index in [-0.39, 0.29) is 17.9 Å². The number of carboxylic acid groups (broad SMARTS) is 1. The second-order valence-corrected chi connectivity index (χ2v) is 5.62. The van der Waals surface area contributed by atoms with Crippen molar-refractivity contribution >= 4 is 11.9 Å². The van der Waals surface area contributed by atoms with E-state index in [0.29, 0.717) is 5.92 Å². The smallest absolute Gasteiger partial charge is 0.335 e. The molecule has 1 aromatic carbocycles. The fourth-order valence-electron chi connectivity index (χ4n) is 2.68. The molecule has 4 heteroatoms. The van der Waals surface area contributed by atoms with Crippen molar-refractivity contribution in [2.75, 3.05) is 13.1 Å². The van der Waals surface area contributed by atoms with Crippen molar-refractivity contribution in [2.45, 2.75) is 32.6 Å². The van der Waals surface area contributed by atoms with Crippen molar-refractivity contribution in [1.29, 1.82) is 0 Å². The third-order valence-corrected chi connectivity index (χ3v) is 3.79. The molecule has 108 valence electrons. The molecular formula is C16H21NO3. The van der Waals surface area contributed by atoms with Crippen LogP contribution >= 0.6 is 0 Å². The lowest BCUT2D eigenvalue weighted by Gasteiger charge is -2.22. The van der Waals surface area contributed by atoms with Crippen molar-refractivity contribution in [1.82, 2.24) is 4.90 Å². The van der Waals surface area contributed by atoms with Crippen LogP contribution in [0.1, 0.15) is 42.1 Å². The van der Waals surface area contributed by atoms with Crippen LogP contribution in [-0.2, 0) is 11.2 Å². The van der Waals surface area contributed by atoms with Gasteiger partial charge in [0.2, 0.25) is 5.91 Å². The van der Waals surface area contributed by atoms with Gasteiger partial charge in [0, 0.05) is 13.1 Å². The Morgan fingerprint density at radius 2 is 2.15 bits per heavy atom. The van der Waals surface area contributed by atoms with E-state index in [1.54, 1.807) is 18.2 Å². The monoisotopic (exact) mass is 275 g/mol. The first-order chi connectivity index (χ1) is 9.56. The molecule has 1 N–H and O–H groups in total. The van der Waals surface area contributed by atoms with E-state index in [4.69, 9.17) is 5.11 Å². The van der Waals surface area contributed by atoms with Crippen LogP contribution in [0.25, 0.3) is 0 Å². The molecule has 1 aliphatic heterocycles. The molecule has 0 unspecified atom stereocenters. The number of rotatable bonds is 3. The van der Waals surface area contributed by atoms with Crippen LogP contribution in [-0.4, -0.2) is 35.0 Å². The molecule has 0 aliphatic carbocycles. The normalized spacial score (nSPS) is 19.4. The summed E-state index contributed by atoms with van der Waals surface area (Å²) in [6, 6.07) is 6.63. The maximum Gasteiger partial charge on any atom is 0.335 e. The summed E-state index contributed by atoms with van der Waals surface area (Å²) in [5, 5.41) is 8.97. The minimum Gasteiger partial charge on any atom is -0.478 e. The van der Waals surface area contributed by atoms with Crippen molar-refractivity contribution in [3.8, 4) is 0 Å². The van der Waals surface area contributed by atoms with Gasteiger partial charge < -0.3 is 10.0 Å². The van der Waals surface area contributed by atoms with Crippen LogP contribution < -0.4 is 0 Å². The number of amides is 1. The summed E-state index contributed by atoms with van der Waals surface area (Å²) in [4.78, 5) is 25.2. The van der Waals surface area contributed by atoms with Crippen LogP contribution in [0.4, 0.5) is 0 Å². The predicted octanol–water partition coefficient (Wildman–Crippen LogP) is 2.58. The fraction of sp³-hybridized carbons (Fsp3) is 0.500. The number of benzene rings is 1. The van der Waals surface area contributed by atoms with Crippen LogP contribution in [0.3, 0.4) is 0 Å². The maximum atomic E-state index is 12.3. The van der Waals surface area contributed by atoms with Gasteiger partial charge in [0.25, 0.3) is 0 Å². The SMILES string of the molecule is C[C@H]1CCCCN(C(=O)Cc2cccc(C(=O)O)c2)C1. The van der Waals surface area contributed by atoms with Gasteiger partial charge in [0.15, 0.2) is 0 Å². The zero-order valence-electron chi connectivity index (χ0n) is 11.8. The molecular weight excluding hydrogens is 254 g/mol. The van der Waals surface area contributed by atoms with Crippen LogP contribution in [0.15, 0.2) is 24.3 Å². The molecule has 0 radical (unpaired) electrons. The Kier molecular flexibility index (Phi) is 4.77. The van der Waals surface area contributed by atoms with E-state index in [9.17, 15) is 9.59 Å². The molecule has 1 amide bonds. The highest BCUT2D eigenvalue weighted by Gasteiger charge is 2.19. The lowest BCUT2D eigenvalue weighted by Crippen LogP contribution is -2.35. The van der Waals surface area contributed by atoms with E-state index in [1.807, 2.05) is 11.0 Å². The second kappa shape index (κ2) is 6.55. The van der Waals surface area contributed by atoms with Gasteiger partial charge in [-0.25, -0.2) is 4.79 Å². The number of hydrogen-bond donors (Lipinski definition) is 1. The summed E-state index contributed by atoms with van der Waals surface area (Å²) >= 11 is 0. The summed E-state index contributed by atoms with van der Waals surface area (Å²) in [5.41, 5.74) is 1.01. The summed E-state index contributed by atoms with van der Waals surface area (Å²) < 4.78 is 0. The summed E-state index contributed by atoms with van der Waals surface area (Å²) in [6.07, 6.45) is 3.71. The molecule has 4 nitrogen and oxygen atoms in total. The van der Waals surface area contributed by atoms with E-state index < -0.39 is 5.97 Å². The Balaban J connectivity index is 2.03. The summed E-state index contributed by atoms with van der Waals surface area (Å²) in [5.74, 6) is -0.309. The number of carbonyl (C=O) groups is 2. The molecule has 20 heavy (non-hydrogen) atoms. The van der Waals surface area contributed by atoms with Gasteiger partial charge in [-0.3, -0.25) is 4.79 Å². The number of likely N-dealkylation sites (tertiary alicyclic amines) is 1. The zero-order valence-corrected chi connectivity index (χ0v) is 11.8. The van der Waals surface area contributed by atoms with Gasteiger partial charge in [-0.2, -0.15) is 0 Å². The molecule has 1 atom stereocenters. The first-order valence-electron chi connectivity index (χ1n) is 7.16. The first-order valence-corrected chi connectivity index (χ1v) is 7.16. The predicted molar refractivity (Wildman–Crippen MR) is 76.7 cm³/mol. The number of hydrogen-bond acceptors (Lipinski definition) is 2. The average Bonchev–Trinajstić information content (AvgIpc) is 2.63. The molecule has 1 fully saturated rings. The molecule has 1 aliphatic rings. The molecule has 0 saturated carbocycles. The maximum absolute atomic E-state index is 12.3. The Morgan fingerprint density at radius 1 is 1.35 bits per heavy atom. The highest BCUT2D eigenvalue weighted by atomic mass is 16.4. The lowest BCUT2D eigenvalue weighted by atomic mass is 10.1. The molecule has 0 spiro atoms. The van der Waals surface area contributed by atoms with Gasteiger partial charge in [-0.05, 0) is 36.5 Å². The average molecular weight is 275 g/mol. The van der Waals surface area contributed by atoms with Crippen molar-refractivity contribution in [3.63, 3.8) is 0 Å². The van der Waals surface area contributed by atoms with Crippen LogP contribution in [0, 0.1) is 5.92 Å². The van der Waals surface area contributed by atoms with Crippen molar-refractivity contribution < 1.29 is 14.7 Å². The number of carbonyl (C=O) groups excluding carboxylic acids is 1. The zero-order chi connectivity index (χ0) is 14.5. The molecule has 1 saturated heterocycles. The van der Waals surface area contributed by atoms with E-state index in [2.05, 4.69) is 6.92 Å². The number of nitrogens with zero attached hydrogens (tertiary/aromatic N) is 1. The topological polar surface area (TPSA) is 57.6 Å². The number of aromatic carboxylic acids is 1. The standard InChI is InChI=1S/C16H21NO3/c1-12-5-2-3-8-17(11-12)15(18)10-13-6-4-7-14(9-13)16(19)20/h4,6-7,9,12H,2-3,5,8,10-11H2,1H3,(H,19,20)/t12-/m0/s1. The van der Waals surface area contributed by atoms with Crippen molar-refractivity contribution in [3.05, 3.63) is 35.4 Å². The summed E-state index contributed by atoms with van der Waals surface area (Å²) in [7, 11) is 0. The van der Waals surface area contributed by atoms with E-state index in [1.165, 1.54) is 12.8 Å². The Labute approximate surface area is 119 Å². The molecule has 1 heterocycles. The van der Waals surface area contributed by atoms with Crippen molar-refractivity contribution in [2.24, 2.45) is 5.92 Å². The first kappa shape index (κ1) is 14.6. The summed E-state index contributed by atoms with van der Waals surface area (Å²) in [6.45, 7) is 3.82. The fourth-order valence-corrected chi connectivity index (χ4v) is 2.68. The van der Waals surface area contributed by atoms with Crippen LogP contribution in [0.2, 0.25) is 0 Å². The molecule has 0 aromatic heterocycles. The largest absolute Gasteiger partial charge is 0.478 e. The second-order valence-electron chi connectivity index (χ2n) is 5.62. The van der Waals surface area contributed by atoms with Gasteiger partial charge in [-0.15, -0.1) is 0 Å². The third-order valence-electron chi connectivity index (χ3n) is 3.79. The lowest BCUT2D eigenvalue weighted by molar-refractivity contribution is -0.130.